The molecular weight excluding hydrogens is 330 g/mol. The summed E-state index contributed by atoms with van der Waals surface area (Å²) in [6.45, 7) is 4.93. The Bertz CT molecular complexity index is 1000. The van der Waals surface area contributed by atoms with Gasteiger partial charge >= 0.3 is 11.1 Å². The Hall–Kier alpha value is -2.93. The largest absolute Gasteiger partial charge is 0.354 e. The third-order valence-corrected chi connectivity index (χ3v) is 4.85. The Labute approximate surface area is 150 Å². The van der Waals surface area contributed by atoms with Crippen molar-refractivity contribution in [1.82, 2.24) is 19.9 Å². The van der Waals surface area contributed by atoms with E-state index in [9.17, 15) is 9.59 Å². The number of hydrogen-bond donors (Lipinski definition) is 2. The van der Waals surface area contributed by atoms with Crippen molar-refractivity contribution in [2.75, 3.05) is 37.6 Å². The van der Waals surface area contributed by atoms with Crippen LogP contribution in [0.25, 0.3) is 11.0 Å². The predicted octanol–water partition coefficient (Wildman–Crippen LogP) is 0.976. The molecule has 3 aromatic rings. The Kier molecular flexibility index (Phi) is 4.53. The zero-order valence-corrected chi connectivity index (χ0v) is 14.4. The molecule has 26 heavy (non-hydrogen) atoms. The minimum Gasteiger partial charge on any atom is -0.354 e. The minimum absolute atomic E-state index is 0.611. The summed E-state index contributed by atoms with van der Waals surface area (Å²) in [5.41, 5.74) is 1.25. The topological polar surface area (TPSA) is 85.1 Å². The number of nitrogens with one attached hydrogen (secondary N) is 2. The summed E-state index contributed by atoms with van der Waals surface area (Å²) in [7, 11) is 0. The average Bonchev–Trinajstić information content (AvgIpc) is 2.68. The molecule has 1 aliphatic rings. The van der Waals surface area contributed by atoms with Gasteiger partial charge in [0.15, 0.2) is 0 Å². The highest BCUT2D eigenvalue weighted by Gasteiger charge is 2.17. The fourth-order valence-corrected chi connectivity index (χ4v) is 3.35. The second-order valence-corrected chi connectivity index (χ2v) is 6.55. The van der Waals surface area contributed by atoms with Gasteiger partial charge in [0.05, 0.1) is 11.0 Å². The number of nitrogens with zero attached hydrogens (tertiary/aromatic N) is 3. The van der Waals surface area contributed by atoms with Crippen LogP contribution in [0.3, 0.4) is 0 Å². The zero-order chi connectivity index (χ0) is 17.9. The normalized spacial score (nSPS) is 15.5. The van der Waals surface area contributed by atoms with Crippen molar-refractivity contribution in [3.8, 4) is 0 Å². The fraction of sp³-hybridized carbons (Fsp3) is 0.316. The summed E-state index contributed by atoms with van der Waals surface area (Å²) < 4.78 is 0. The summed E-state index contributed by atoms with van der Waals surface area (Å²) in [4.78, 5) is 37.2. The second kappa shape index (κ2) is 7.13. The summed E-state index contributed by atoms with van der Waals surface area (Å²) in [6.07, 6.45) is 2.74. The van der Waals surface area contributed by atoms with Crippen LogP contribution in [0.15, 0.2) is 52.2 Å². The third-order valence-electron chi connectivity index (χ3n) is 4.85. The number of pyridine rings is 1. The molecule has 0 unspecified atom stereocenters. The molecule has 1 saturated heterocycles. The van der Waals surface area contributed by atoms with Gasteiger partial charge in [0.1, 0.15) is 5.82 Å². The van der Waals surface area contributed by atoms with Gasteiger partial charge in [-0.25, -0.2) is 4.98 Å². The van der Waals surface area contributed by atoms with Gasteiger partial charge in [-0.3, -0.25) is 14.5 Å². The Morgan fingerprint density at radius 3 is 2.42 bits per heavy atom. The SMILES string of the molecule is O=c1[nH]c2ccc(CCN3CCN(c4ccccn4)CC3)cc2[nH]c1=O. The van der Waals surface area contributed by atoms with Crippen LogP contribution in [0.5, 0.6) is 0 Å². The van der Waals surface area contributed by atoms with Crippen LogP contribution in [0, 0.1) is 0 Å². The van der Waals surface area contributed by atoms with Crippen molar-refractivity contribution in [2.45, 2.75) is 6.42 Å². The van der Waals surface area contributed by atoms with Gasteiger partial charge in [0, 0.05) is 38.9 Å². The van der Waals surface area contributed by atoms with Gasteiger partial charge in [-0.05, 0) is 36.2 Å². The van der Waals surface area contributed by atoms with E-state index in [2.05, 4.69) is 30.8 Å². The van der Waals surface area contributed by atoms with Crippen molar-refractivity contribution < 1.29 is 0 Å². The maximum atomic E-state index is 11.5. The number of piperazine rings is 1. The van der Waals surface area contributed by atoms with Crippen molar-refractivity contribution in [3.63, 3.8) is 0 Å². The van der Waals surface area contributed by atoms with Gasteiger partial charge < -0.3 is 14.9 Å². The van der Waals surface area contributed by atoms with E-state index in [4.69, 9.17) is 0 Å². The molecule has 0 aliphatic carbocycles. The van der Waals surface area contributed by atoms with Crippen molar-refractivity contribution in [2.24, 2.45) is 0 Å². The van der Waals surface area contributed by atoms with E-state index in [0.717, 1.165) is 50.5 Å². The van der Waals surface area contributed by atoms with Gasteiger partial charge in [0.25, 0.3) is 0 Å². The molecular formula is C19H21N5O2. The maximum Gasteiger partial charge on any atom is 0.314 e. The first kappa shape index (κ1) is 16.5. The van der Waals surface area contributed by atoms with Crippen LogP contribution in [0.2, 0.25) is 0 Å². The van der Waals surface area contributed by atoms with Gasteiger partial charge in [-0.1, -0.05) is 12.1 Å². The molecule has 7 nitrogen and oxygen atoms in total. The van der Waals surface area contributed by atoms with E-state index >= 15 is 0 Å². The van der Waals surface area contributed by atoms with Gasteiger partial charge in [-0.15, -0.1) is 0 Å². The van der Waals surface area contributed by atoms with E-state index in [1.165, 1.54) is 0 Å². The molecule has 0 bridgehead atoms. The van der Waals surface area contributed by atoms with Crippen molar-refractivity contribution in [3.05, 3.63) is 68.9 Å². The molecule has 1 aliphatic heterocycles. The number of anilines is 1. The first-order chi connectivity index (χ1) is 12.7. The quantitative estimate of drug-likeness (QED) is 0.685. The van der Waals surface area contributed by atoms with Crippen LogP contribution in [0.1, 0.15) is 5.56 Å². The molecule has 0 radical (unpaired) electrons. The number of aromatic nitrogens is 3. The first-order valence-electron chi connectivity index (χ1n) is 8.83. The van der Waals surface area contributed by atoms with Crippen LogP contribution in [-0.2, 0) is 6.42 Å². The van der Waals surface area contributed by atoms with Crippen LogP contribution < -0.4 is 16.0 Å². The van der Waals surface area contributed by atoms with Crippen molar-refractivity contribution in [1.29, 1.82) is 0 Å². The average molecular weight is 351 g/mol. The number of fused-ring (bicyclic) bond motifs is 1. The second-order valence-electron chi connectivity index (χ2n) is 6.55. The van der Waals surface area contributed by atoms with E-state index in [1.807, 2.05) is 36.5 Å². The van der Waals surface area contributed by atoms with Crippen LogP contribution in [0.4, 0.5) is 5.82 Å². The Morgan fingerprint density at radius 2 is 1.69 bits per heavy atom. The lowest BCUT2D eigenvalue weighted by Crippen LogP contribution is -2.47. The molecule has 2 aromatic heterocycles. The maximum absolute atomic E-state index is 11.5. The lowest BCUT2D eigenvalue weighted by Gasteiger charge is -2.35. The van der Waals surface area contributed by atoms with Crippen molar-refractivity contribution >= 4 is 16.9 Å². The molecule has 4 rings (SSSR count). The zero-order valence-electron chi connectivity index (χ0n) is 14.4. The molecule has 0 atom stereocenters. The number of aromatic amines is 2. The monoisotopic (exact) mass is 351 g/mol. The molecule has 2 N–H and O–H groups in total. The molecule has 0 spiro atoms. The molecule has 134 valence electrons. The van der Waals surface area contributed by atoms with E-state index in [1.54, 1.807) is 0 Å². The first-order valence-corrected chi connectivity index (χ1v) is 8.83. The number of benzene rings is 1. The molecule has 0 saturated carbocycles. The summed E-state index contributed by atoms with van der Waals surface area (Å²) >= 11 is 0. The third kappa shape index (κ3) is 3.52. The molecule has 7 heteroatoms. The Balaban J connectivity index is 1.36. The van der Waals surface area contributed by atoms with Crippen LogP contribution in [-0.4, -0.2) is 52.6 Å². The van der Waals surface area contributed by atoms with Gasteiger partial charge in [-0.2, -0.15) is 0 Å². The molecule has 1 fully saturated rings. The molecule has 1 aromatic carbocycles. The van der Waals surface area contributed by atoms with Gasteiger partial charge in [0.2, 0.25) is 0 Å². The lowest BCUT2D eigenvalue weighted by atomic mass is 10.1. The molecule has 3 heterocycles. The fourth-order valence-electron chi connectivity index (χ4n) is 3.35. The summed E-state index contributed by atoms with van der Waals surface area (Å²) in [6, 6.07) is 11.8. The smallest absolute Gasteiger partial charge is 0.314 e. The van der Waals surface area contributed by atoms with E-state index in [0.29, 0.717) is 11.0 Å². The number of rotatable bonds is 4. The summed E-state index contributed by atoms with van der Waals surface area (Å²) in [5.74, 6) is 1.04. The van der Waals surface area contributed by atoms with Crippen LogP contribution >= 0.6 is 0 Å². The van der Waals surface area contributed by atoms with E-state index in [-0.39, 0.29) is 0 Å². The summed E-state index contributed by atoms with van der Waals surface area (Å²) in [5, 5.41) is 0. The highest BCUT2D eigenvalue weighted by Crippen LogP contribution is 2.14. The molecule has 0 amide bonds. The highest BCUT2D eigenvalue weighted by molar-refractivity contribution is 5.74. The number of hydrogen-bond acceptors (Lipinski definition) is 5. The standard InChI is InChI=1S/C19H21N5O2/c25-18-19(26)22-16-13-14(4-5-15(16)21-18)6-8-23-9-11-24(12-10-23)17-3-1-2-7-20-17/h1-5,7,13H,6,8-12H2,(H,21,25)(H,22,26). The lowest BCUT2D eigenvalue weighted by molar-refractivity contribution is 0.260. The highest BCUT2D eigenvalue weighted by atomic mass is 16.2. The minimum atomic E-state index is -0.615. The van der Waals surface area contributed by atoms with E-state index < -0.39 is 11.1 Å². The Morgan fingerprint density at radius 1 is 0.923 bits per heavy atom. The predicted molar refractivity (Wildman–Crippen MR) is 102 cm³/mol. The number of H-pyrrole nitrogens is 2.